The average Bonchev–Trinajstić information content (AvgIpc) is 3.04. The summed E-state index contributed by atoms with van der Waals surface area (Å²) in [5.74, 6) is 0.328. The Hall–Kier alpha value is -2.21. The second-order valence-electron chi connectivity index (χ2n) is 7.01. The van der Waals surface area contributed by atoms with Crippen LogP contribution in [0.25, 0.3) is 0 Å². The largest absolute Gasteiger partial charge is 0.357 e. The molecule has 1 N–H and O–H groups in total. The maximum absolute atomic E-state index is 12.9. The van der Waals surface area contributed by atoms with Crippen LogP contribution in [-0.4, -0.2) is 33.5 Å². The zero-order chi connectivity index (χ0) is 17.6. The molecule has 25 heavy (non-hydrogen) atoms. The first-order chi connectivity index (χ1) is 12.1. The minimum Gasteiger partial charge on any atom is -0.357 e. The third-order valence-electron chi connectivity index (χ3n) is 4.79. The van der Waals surface area contributed by atoms with Gasteiger partial charge in [0.1, 0.15) is 6.73 Å². The van der Waals surface area contributed by atoms with E-state index in [-0.39, 0.29) is 17.9 Å². The standard InChI is InChI=1S/C19H26N4O2/c1-14(2)18-12-25-13-23-17(11-20-22-23)9-8-16(19(24)21-18)10-15-6-4-3-5-7-15/h3-7,11,14,16,18H,8-10,12-13H2,1-2H3,(H,21,24)/t16-,18+/m0/s1. The van der Waals surface area contributed by atoms with Crippen LogP contribution in [0, 0.1) is 11.8 Å². The van der Waals surface area contributed by atoms with Crippen molar-refractivity contribution in [2.45, 2.75) is 45.9 Å². The second kappa shape index (κ2) is 8.25. The van der Waals surface area contributed by atoms with E-state index >= 15 is 0 Å². The van der Waals surface area contributed by atoms with Gasteiger partial charge >= 0.3 is 0 Å². The fraction of sp³-hybridized carbons (Fsp3) is 0.526. The Morgan fingerprint density at radius 1 is 1.32 bits per heavy atom. The van der Waals surface area contributed by atoms with Crippen LogP contribution < -0.4 is 5.32 Å². The van der Waals surface area contributed by atoms with Crippen molar-refractivity contribution in [3.63, 3.8) is 0 Å². The molecule has 0 fully saturated rings. The van der Waals surface area contributed by atoms with Gasteiger partial charge in [-0.1, -0.05) is 49.4 Å². The first-order valence-electron chi connectivity index (χ1n) is 8.93. The number of amides is 1. The van der Waals surface area contributed by atoms with E-state index in [1.807, 2.05) is 18.2 Å². The van der Waals surface area contributed by atoms with E-state index in [9.17, 15) is 4.79 Å². The van der Waals surface area contributed by atoms with Gasteiger partial charge in [0.05, 0.1) is 24.5 Å². The molecular formula is C19H26N4O2. The summed E-state index contributed by atoms with van der Waals surface area (Å²) in [6.07, 6.45) is 4.02. The summed E-state index contributed by atoms with van der Waals surface area (Å²) in [6, 6.07) is 10.2. The highest BCUT2D eigenvalue weighted by atomic mass is 16.5. The number of hydrogen-bond donors (Lipinski definition) is 1. The van der Waals surface area contributed by atoms with E-state index in [4.69, 9.17) is 4.74 Å². The number of ether oxygens (including phenoxy) is 1. The van der Waals surface area contributed by atoms with Gasteiger partial charge in [0, 0.05) is 5.92 Å². The van der Waals surface area contributed by atoms with E-state index in [1.165, 1.54) is 5.56 Å². The Labute approximate surface area is 148 Å². The Morgan fingerprint density at radius 3 is 2.88 bits per heavy atom. The maximum Gasteiger partial charge on any atom is 0.223 e. The monoisotopic (exact) mass is 342 g/mol. The summed E-state index contributed by atoms with van der Waals surface area (Å²) in [6.45, 7) is 5.04. The predicted molar refractivity (Wildman–Crippen MR) is 94.7 cm³/mol. The Balaban J connectivity index is 1.81. The lowest BCUT2D eigenvalue weighted by Gasteiger charge is -2.25. The third-order valence-corrected chi connectivity index (χ3v) is 4.79. The fourth-order valence-electron chi connectivity index (χ4n) is 3.10. The molecule has 6 nitrogen and oxygen atoms in total. The molecule has 0 aliphatic carbocycles. The zero-order valence-corrected chi connectivity index (χ0v) is 14.9. The molecule has 0 saturated carbocycles. The van der Waals surface area contributed by atoms with Crippen LogP contribution in [0.1, 0.15) is 31.5 Å². The first-order valence-corrected chi connectivity index (χ1v) is 8.93. The molecular weight excluding hydrogens is 316 g/mol. The van der Waals surface area contributed by atoms with Crippen molar-refractivity contribution >= 4 is 5.91 Å². The Kier molecular flexibility index (Phi) is 5.81. The lowest BCUT2D eigenvalue weighted by atomic mass is 9.92. The van der Waals surface area contributed by atoms with Crippen molar-refractivity contribution in [1.29, 1.82) is 0 Å². The van der Waals surface area contributed by atoms with Gasteiger partial charge in [0.2, 0.25) is 5.91 Å². The molecule has 0 radical (unpaired) electrons. The van der Waals surface area contributed by atoms with Crippen molar-refractivity contribution in [2.75, 3.05) is 6.61 Å². The van der Waals surface area contributed by atoms with Crippen molar-refractivity contribution in [2.24, 2.45) is 11.8 Å². The molecule has 1 aliphatic rings. The van der Waals surface area contributed by atoms with E-state index in [0.29, 0.717) is 19.3 Å². The molecule has 3 rings (SSSR count). The Bertz CT molecular complexity index is 684. The van der Waals surface area contributed by atoms with Crippen LogP contribution in [0.4, 0.5) is 0 Å². The topological polar surface area (TPSA) is 69.0 Å². The van der Waals surface area contributed by atoms with E-state index in [1.54, 1.807) is 10.9 Å². The average molecular weight is 342 g/mol. The van der Waals surface area contributed by atoms with E-state index < -0.39 is 0 Å². The summed E-state index contributed by atoms with van der Waals surface area (Å²) in [4.78, 5) is 12.9. The van der Waals surface area contributed by atoms with Crippen molar-refractivity contribution in [3.05, 3.63) is 47.8 Å². The molecule has 6 heteroatoms. The van der Waals surface area contributed by atoms with Gasteiger partial charge in [-0.3, -0.25) is 4.79 Å². The second-order valence-corrected chi connectivity index (χ2v) is 7.01. The van der Waals surface area contributed by atoms with Gasteiger partial charge < -0.3 is 10.1 Å². The highest BCUT2D eigenvalue weighted by Crippen LogP contribution is 2.18. The maximum atomic E-state index is 12.9. The van der Waals surface area contributed by atoms with Crippen molar-refractivity contribution in [3.8, 4) is 0 Å². The molecule has 0 bridgehead atoms. The Morgan fingerprint density at radius 2 is 2.12 bits per heavy atom. The number of fused-ring (bicyclic) bond motifs is 1. The van der Waals surface area contributed by atoms with Crippen molar-refractivity contribution < 1.29 is 9.53 Å². The molecule has 2 heterocycles. The van der Waals surface area contributed by atoms with E-state index in [2.05, 4.69) is 41.6 Å². The number of aromatic nitrogens is 3. The smallest absolute Gasteiger partial charge is 0.223 e. The van der Waals surface area contributed by atoms with Gasteiger partial charge in [-0.2, -0.15) is 0 Å². The quantitative estimate of drug-likeness (QED) is 0.928. The number of rotatable bonds is 3. The molecule has 1 aliphatic heterocycles. The molecule has 1 aromatic carbocycles. The molecule has 2 aromatic rings. The number of hydrogen-bond acceptors (Lipinski definition) is 4. The minimum atomic E-state index is -0.0786. The van der Waals surface area contributed by atoms with Crippen LogP contribution >= 0.6 is 0 Å². The van der Waals surface area contributed by atoms with Crippen LogP contribution in [0.3, 0.4) is 0 Å². The number of aryl methyl sites for hydroxylation is 1. The van der Waals surface area contributed by atoms with Gasteiger partial charge in [0.25, 0.3) is 0 Å². The lowest BCUT2D eigenvalue weighted by Crippen LogP contribution is -2.45. The van der Waals surface area contributed by atoms with Gasteiger partial charge in [-0.15, -0.1) is 5.10 Å². The number of nitrogens with one attached hydrogen (secondary N) is 1. The van der Waals surface area contributed by atoms with Gasteiger partial charge in [-0.25, -0.2) is 4.68 Å². The first kappa shape index (κ1) is 17.6. The van der Waals surface area contributed by atoms with Gasteiger partial charge in [0.15, 0.2) is 0 Å². The SMILES string of the molecule is CC(C)[C@H]1COCn2nncc2CC[C@@H](Cc2ccccc2)C(=O)N1. The number of benzene rings is 1. The molecule has 0 saturated heterocycles. The molecule has 1 aromatic heterocycles. The van der Waals surface area contributed by atoms with Gasteiger partial charge in [-0.05, 0) is 30.7 Å². The molecule has 134 valence electrons. The summed E-state index contributed by atoms with van der Waals surface area (Å²) < 4.78 is 7.56. The summed E-state index contributed by atoms with van der Waals surface area (Å²) in [5, 5.41) is 11.3. The predicted octanol–water partition coefficient (Wildman–Crippen LogP) is 2.20. The minimum absolute atomic E-state index is 0.00385. The molecule has 0 spiro atoms. The van der Waals surface area contributed by atoms with Crippen LogP contribution in [0.2, 0.25) is 0 Å². The zero-order valence-electron chi connectivity index (χ0n) is 14.9. The summed E-state index contributed by atoms with van der Waals surface area (Å²) in [7, 11) is 0. The number of carbonyl (C=O) groups excluding carboxylic acids is 1. The highest BCUT2D eigenvalue weighted by Gasteiger charge is 2.25. The summed E-state index contributed by atoms with van der Waals surface area (Å²) in [5.41, 5.74) is 2.19. The van der Waals surface area contributed by atoms with E-state index in [0.717, 1.165) is 25.0 Å². The van der Waals surface area contributed by atoms with Crippen LogP contribution in [0.15, 0.2) is 36.5 Å². The van der Waals surface area contributed by atoms with Crippen LogP contribution in [-0.2, 0) is 29.1 Å². The highest BCUT2D eigenvalue weighted by molar-refractivity contribution is 5.79. The number of carbonyl (C=O) groups is 1. The van der Waals surface area contributed by atoms with Crippen molar-refractivity contribution in [1.82, 2.24) is 20.3 Å². The normalized spacial score (nSPS) is 22.1. The summed E-state index contributed by atoms with van der Waals surface area (Å²) >= 11 is 0. The fourth-order valence-corrected chi connectivity index (χ4v) is 3.10. The molecule has 1 amide bonds. The third kappa shape index (κ3) is 4.66. The molecule has 2 atom stereocenters. The lowest BCUT2D eigenvalue weighted by molar-refractivity contribution is -0.126. The number of nitrogens with zero attached hydrogens (tertiary/aromatic N) is 3. The molecule has 0 unspecified atom stereocenters. The van der Waals surface area contributed by atoms with Crippen LogP contribution in [0.5, 0.6) is 0 Å².